The Morgan fingerprint density at radius 2 is 1.55 bits per heavy atom. The number of hydrogen-bond donors (Lipinski definition) is 1. The van der Waals surface area contributed by atoms with Gasteiger partial charge in [0.25, 0.3) is 5.91 Å². The van der Waals surface area contributed by atoms with Crippen LogP contribution in [0.15, 0.2) is 48.2 Å². The summed E-state index contributed by atoms with van der Waals surface area (Å²) in [6.45, 7) is 0. The molecule has 2 rings (SSSR count). The van der Waals surface area contributed by atoms with Gasteiger partial charge in [-0.2, -0.15) is 0 Å². The van der Waals surface area contributed by atoms with Crippen molar-refractivity contribution in [2.75, 3.05) is 5.32 Å². The third kappa shape index (κ3) is 3.69. The molecule has 1 amide bonds. The molecular formula is C13H6Br4FNO. The summed E-state index contributed by atoms with van der Waals surface area (Å²) in [5.41, 5.74) is 0.961. The summed E-state index contributed by atoms with van der Waals surface area (Å²) in [7, 11) is 0. The van der Waals surface area contributed by atoms with Crippen LogP contribution in [0.1, 0.15) is 10.4 Å². The van der Waals surface area contributed by atoms with E-state index in [4.69, 9.17) is 0 Å². The third-order valence-electron chi connectivity index (χ3n) is 2.42. The van der Waals surface area contributed by atoms with Crippen molar-refractivity contribution in [2.24, 2.45) is 0 Å². The minimum Gasteiger partial charge on any atom is -0.320 e. The Labute approximate surface area is 148 Å². The molecule has 104 valence electrons. The molecule has 0 saturated heterocycles. The van der Waals surface area contributed by atoms with Crippen molar-refractivity contribution < 1.29 is 9.18 Å². The molecule has 0 aromatic heterocycles. The normalized spacial score (nSPS) is 10.4. The summed E-state index contributed by atoms with van der Waals surface area (Å²) in [5.74, 6) is -0.736. The number of anilines is 1. The zero-order valence-electron chi connectivity index (χ0n) is 9.68. The van der Waals surface area contributed by atoms with E-state index in [2.05, 4.69) is 69.0 Å². The highest BCUT2D eigenvalue weighted by Crippen LogP contribution is 2.35. The molecule has 0 saturated carbocycles. The number of carbonyl (C=O) groups excluding carboxylic acids is 1. The summed E-state index contributed by atoms with van der Waals surface area (Å²) in [6, 6.07) is 7.56. The maximum atomic E-state index is 13.0. The molecule has 0 heterocycles. The molecule has 1 N–H and O–H groups in total. The molecule has 20 heavy (non-hydrogen) atoms. The predicted molar refractivity (Wildman–Crippen MR) is 91.6 cm³/mol. The van der Waals surface area contributed by atoms with Crippen LogP contribution < -0.4 is 5.32 Å². The molecule has 0 atom stereocenters. The first-order valence-corrected chi connectivity index (χ1v) is 8.46. The zero-order chi connectivity index (χ0) is 14.9. The molecule has 7 heteroatoms. The van der Waals surface area contributed by atoms with Crippen molar-refractivity contribution in [2.45, 2.75) is 0 Å². The van der Waals surface area contributed by atoms with Gasteiger partial charge in [-0.05, 0) is 78.1 Å². The van der Waals surface area contributed by atoms with E-state index in [9.17, 15) is 9.18 Å². The highest BCUT2D eigenvalue weighted by Gasteiger charge is 2.14. The Hall–Kier alpha value is -0.240. The third-order valence-corrected chi connectivity index (χ3v) is 4.79. The van der Waals surface area contributed by atoms with Crippen LogP contribution in [0.5, 0.6) is 0 Å². The van der Waals surface area contributed by atoms with E-state index in [1.54, 1.807) is 0 Å². The van der Waals surface area contributed by atoms with Crippen LogP contribution in [0.25, 0.3) is 0 Å². The number of nitrogens with one attached hydrogen (secondary N) is 1. The summed E-state index contributed by atoms with van der Waals surface area (Å²) >= 11 is 13.3. The molecule has 0 radical (unpaired) electrons. The first kappa shape index (κ1) is 16.1. The Bertz CT molecular complexity index is 667. The van der Waals surface area contributed by atoms with Gasteiger partial charge in [-0.1, -0.05) is 15.9 Å². The van der Waals surface area contributed by atoms with Crippen LogP contribution in [-0.2, 0) is 0 Å². The van der Waals surface area contributed by atoms with Crippen LogP contribution in [-0.4, -0.2) is 5.91 Å². The summed E-state index contributed by atoms with van der Waals surface area (Å²) in [5, 5.41) is 2.78. The molecule has 2 aromatic carbocycles. The lowest BCUT2D eigenvalue weighted by Crippen LogP contribution is -2.13. The Morgan fingerprint density at radius 1 is 0.950 bits per heavy atom. The minimum atomic E-state index is -0.403. The lowest BCUT2D eigenvalue weighted by atomic mass is 10.2. The first-order chi connectivity index (χ1) is 9.38. The predicted octanol–water partition coefficient (Wildman–Crippen LogP) is 6.13. The molecule has 0 fully saturated rings. The van der Waals surface area contributed by atoms with Crippen molar-refractivity contribution in [1.29, 1.82) is 0 Å². The topological polar surface area (TPSA) is 29.1 Å². The maximum absolute atomic E-state index is 13.0. The number of benzene rings is 2. The van der Waals surface area contributed by atoms with E-state index >= 15 is 0 Å². The second-order valence-corrected chi connectivity index (χ2v) is 7.30. The van der Waals surface area contributed by atoms with Crippen molar-refractivity contribution in [3.05, 3.63) is 59.6 Å². The molecule has 0 aliphatic heterocycles. The van der Waals surface area contributed by atoms with Gasteiger partial charge in [0.05, 0.1) is 11.3 Å². The van der Waals surface area contributed by atoms with Gasteiger partial charge in [0, 0.05) is 17.9 Å². The fourth-order valence-corrected chi connectivity index (χ4v) is 4.50. The standard InChI is InChI=1S/C13H6Br4FNO/c14-6-3-10(16)12(11(17)4-6)19-13(20)8-2-1-7(18)5-9(8)15/h1-5H,(H,19,20). The zero-order valence-corrected chi connectivity index (χ0v) is 16.0. The number of halogens is 5. The fraction of sp³-hybridized carbons (Fsp3) is 0. The van der Waals surface area contributed by atoms with Crippen LogP contribution in [0.2, 0.25) is 0 Å². The summed E-state index contributed by atoms with van der Waals surface area (Å²) in [4.78, 5) is 12.2. The molecule has 2 nitrogen and oxygen atoms in total. The van der Waals surface area contributed by atoms with Gasteiger partial charge < -0.3 is 5.32 Å². The minimum absolute atomic E-state index is 0.333. The van der Waals surface area contributed by atoms with Crippen LogP contribution >= 0.6 is 63.7 Å². The van der Waals surface area contributed by atoms with Gasteiger partial charge in [-0.15, -0.1) is 0 Å². The van der Waals surface area contributed by atoms with Gasteiger partial charge in [0.15, 0.2) is 0 Å². The Kier molecular flexibility index (Phi) is 5.39. The molecule has 0 spiro atoms. The second-order valence-electron chi connectivity index (χ2n) is 3.82. The van der Waals surface area contributed by atoms with Gasteiger partial charge in [0.2, 0.25) is 0 Å². The quantitative estimate of drug-likeness (QED) is 0.497. The number of rotatable bonds is 2. The summed E-state index contributed by atoms with van der Waals surface area (Å²) in [6.07, 6.45) is 0. The Morgan fingerprint density at radius 3 is 2.10 bits per heavy atom. The molecule has 0 aliphatic rings. The van der Waals surface area contributed by atoms with Crippen LogP contribution in [0.3, 0.4) is 0 Å². The molecule has 0 unspecified atom stereocenters. The SMILES string of the molecule is O=C(Nc1c(Br)cc(Br)cc1Br)c1ccc(F)cc1Br. The largest absolute Gasteiger partial charge is 0.320 e. The van der Waals surface area contributed by atoms with Crippen molar-refractivity contribution in [1.82, 2.24) is 0 Å². The second kappa shape index (κ2) is 6.68. The van der Waals surface area contributed by atoms with Gasteiger partial charge in [-0.25, -0.2) is 4.39 Å². The first-order valence-electron chi connectivity index (χ1n) is 5.29. The average molecular weight is 531 g/mol. The van der Waals surface area contributed by atoms with Crippen LogP contribution in [0.4, 0.5) is 10.1 Å². The van der Waals surface area contributed by atoms with E-state index in [-0.39, 0.29) is 5.91 Å². The monoisotopic (exact) mass is 527 g/mol. The fourth-order valence-electron chi connectivity index (χ4n) is 1.52. The van der Waals surface area contributed by atoms with Gasteiger partial charge >= 0.3 is 0 Å². The smallest absolute Gasteiger partial charge is 0.256 e. The van der Waals surface area contributed by atoms with Gasteiger partial charge in [-0.3, -0.25) is 4.79 Å². The molecular weight excluding hydrogens is 525 g/mol. The van der Waals surface area contributed by atoms with E-state index in [0.717, 1.165) is 13.4 Å². The van der Waals surface area contributed by atoms with E-state index in [1.807, 2.05) is 12.1 Å². The number of carbonyl (C=O) groups is 1. The van der Waals surface area contributed by atoms with Crippen molar-refractivity contribution in [3.63, 3.8) is 0 Å². The molecule has 0 aliphatic carbocycles. The van der Waals surface area contributed by atoms with Crippen molar-refractivity contribution in [3.8, 4) is 0 Å². The number of hydrogen-bond acceptors (Lipinski definition) is 1. The van der Waals surface area contributed by atoms with E-state index < -0.39 is 5.82 Å². The van der Waals surface area contributed by atoms with Crippen molar-refractivity contribution >= 4 is 75.3 Å². The highest BCUT2D eigenvalue weighted by molar-refractivity contribution is 9.11. The summed E-state index contributed by atoms with van der Waals surface area (Å²) < 4.78 is 15.8. The van der Waals surface area contributed by atoms with Gasteiger partial charge in [0.1, 0.15) is 5.82 Å². The molecule has 2 aromatic rings. The average Bonchev–Trinajstić information content (AvgIpc) is 2.33. The number of amides is 1. The van der Waals surface area contributed by atoms with E-state index in [0.29, 0.717) is 15.7 Å². The Balaban J connectivity index is 2.33. The molecule has 0 bridgehead atoms. The maximum Gasteiger partial charge on any atom is 0.256 e. The highest BCUT2D eigenvalue weighted by atomic mass is 79.9. The lowest BCUT2D eigenvalue weighted by molar-refractivity contribution is 0.102. The lowest BCUT2D eigenvalue weighted by Gasteiger charge is -2.11. The van der Waals surface area contributed by atoms with E-state index in [1.165, 1.54) is 18.2 Å². The van der Waals surface area contributed by atoms with Crippen LogP contribution in [0, 0.1) is 5.82 Å².